The molecule has 1 aromatic heterocycles. The topological polar surface area (TPSA) is 45.2 Å². The average Bonchev–Trinajstić information content (AvgIpc) is 2.71. The van der Waals surface area contributed by atoms with Crippen LogP contribution in [0.5, 0.6) is 0 Å². The molecule has 2 heterocycles. The van der Waals surface area contributed by atoms with Crippen molar-refractivity contribution < 1.29 is 4.79 Å². The number of rotatable bonds is 4. The molecule has 1 amide bonds. The normalized spacial score (nSPS) is 19.2. The number of carbonyl (C=O) groups excluding carboxylic acids is 1. The summed E-state index contributed by atoms with van der Waals surface area (Å²) in [6.07, 6.45) is 4.61. The van der Waals surface area contributed by atoms with Crippen LogP contribution in [0.4, 0.5) is 5.82 Å². The van der Waals surface area contributed by atoms with Gasteiger partial charge in [0, 0.05) is 25.2 Å². The molecule has 0 bridgehead atoms. The third-order valence-electron chi connectivity index (χ3n) is 4.11. The Morgan fingerprint density at radius 1 is 1.38 bits per heavy atom. The van der Waals surface area contributed by atoms with Gasteiger partial charge in [0.25, 0.3) is 5.91 Å². The van der Waals surface area contributed by atoms with E-state index in [4.69, 9.17) is 11.6 Å². The summed E-state index contributed by atoms with van der Waals surface area (Å²) in [5.41, 5.74) is 0.626. The van der Waals surface area contributed by atoms with Crippen molar-refractivity contribution in [2.45, 2.75) is 39.5 Å². The fraction of sp³-hybridized carbons (Fsp3) is 0.625. The molecule has 1 fully saturated rings. The molecule has 1 saturated heterocycles. The van der Waals surface area contributed by atoms with Crippen LogP contribution in [0.3, 0.4) is 0 Å². The Morgan fingerprint density at radius 2 is 2.19 bits per heavy atom. The van der Waals surface area contributed by atoms with Crippen LogP contribution < -0.4 is 5.32 Å². The Kier molecular flexibility index (Phi) is 5.85. The maximum atomic E-state index is 12.7. The van der Waals surface area contributed by atoms with Crippen LogP contribution in [-0.4, -0.2) is 35.4 Å². The monoisotopic (exact) mass is 309 g/mol. The summed E-state index contributed by atoms with van der Waals surface area (Å²) in [6, 6.07) is 3.45. The SMILES string of the molecule is CCNc1cc(C(=O)N2CCCC(CC)CC2)cc(Cl)n1. The van der Waals surface area contributed by atoms with E-state index in [1.54, 1.807) is 12.1 Å². The summed E-state index contributed by atoms with van der Waals surface area (Å²) in [6.45, 7) is 6.65. The van der Waals surface area contributed by atoms with Gasteiger partial charge < -0.3 is 10.2 Å². The summed E-state index contributed by atoms with van der Waals surface area (Å²) in [7, 11) is 0. The first-order valence-electron chi connectivity index (χ1n) is 7.84. The van der Waals surface area contributed by atoms with Crippen molar-refractivity contribution in [3.63, 3.8) is 0 Å². The Labute approximate surface area is 131 Å². The third kappa shape index (κ3) is 4.34. The van der Waals surface area contributed by atoms with Gasteiger partial charge in [-0.3, -0.25) is 4.79 Å². The first-order chi connectivity index (χ1) is 10.1. The third-order valence-corrected chi connectivity index (χ3v) is 4.30. The highest BCUT2D eigenvalue weighted by Crippen LogP contribution is 2.22. The fourth-order valence-corrected chi connectivity index (χ4v) is 3.06. The Balaban J connectivity index is 2.12. The molecule has 21 heavy (non-hydrogen) atoms. The van der Waals surface area contributed by atoms with Crippen molar-refractivity contribution in [1.82, 2.24) is 9.88 Å². The summed E-state index contributed by atoms with van der Waals surface area (Å²) in [5, 5.41) is 3.47. The van der Waals surface area contributed by atoms with E-state index in [1.807, 2.05) is 11.8 Å². The van der Waals surface area contributed by atoms with Gasteiger partial charge in [0.05, 0.1) is 0 Å². The molecule has 0 aliphatic carbocycles. The van der Waals surface area contributed by atoms with Crippen LogP contribution in [-0.2, 0) is 0 Å². The van der Waals surface area contributed by atoms with Crippen LogP contribution in [0.1, 0.15) is 49.9 Å². The van der Waals surface area contributed by atoms with Crippen molar-refractivity contribution >= 4 is 23.3 Å². The van der Waals surface area contributed by atoms with Gasteiger partial charge in [-0.2, -0.15) is 0 Å². The molecule has 4 nitrogen and oxygen atoms in total. The van der Waals surface area contributed by atoms with Crippen LogP contribution >= 0.6 is 11.6 Å². The predicted molar refractivity (Wildman–Crippen MR) is 86.9 cm³/mol. The van der Waals surface area contributed by atoms with Gasteiger partial charge in [0.15, 0.2) is 0 Å². The van der Waals surface area contributed by atoms with Crippen molar-refractivity contribution in [3.05, 3.63) is 22.8 Å². The molecule has 1 N–H and O–H groups in total. The average molecular weight is 310 g/mol. The molecule has 0 aromatic carbocycles. The molecule has 1 aromatic rings. The fourth-order valence-electron chi connectivity index (χ4n) is 2.85. The van der Waals surface area contributed by atoms with E-state index in [0.29, 0.717) is 16.5 Å². The van der Waals surface area contributed by atoms with Gasteiger partial charge in [-0.05, 0) is 44.2 Å². The lowest BCUT2D eigenvalue weighted by molar-refractivity contribution is 0.0760. The number of halogens is 1. The second-order valence-corrected chi connectivity index (χ2v) is 5.98. The van der Waals surface area contributed by atoms with Crippen LogP contribution in [0.15, 0.2) is 12.1 Å². The molecule has 2 rings (SSSR count). The van der Waals surface area contributed by atoms with Gasteiger partial charge in [0.2, 0.25) is 0 Å². The highest BCUT2D eigenvalue weighted by atomic mass is 35.5. The van der Waals surface area contributed by atoms with Crippen molar-refractivity contribution in [2.75, 3.05) is 25.0 Å². The summed E-state index contributed by atoms with van der Waals surface area (Å²) in [5.74, 6) is 1.48. The van der Waals surface area contributed by atoms with E-state index in [2.05, 4.69) is 17.2 Å². The van der Waals surface area contributed by atoms with Crippen molar-refractivity contribution in [2.24, 2.45) is 5.92 Å². The number of aromatic nitrogens is 1. The molecule has 0 spiro atoms. The zero-order valence-corrected chi connectivity index (χ0v) is 13.6. The van der Waals surface area contributed by atoms with E-state index in [-0.39, 0.29) is 5.91 Å². The van der Waals surface area contributed by atoms with Crippen molar-refractivity contribution in [1.29, 1.82) is 0 Å². The quantitative estimate of drug-likeness (QED) is 0.860. The number of amides is 1. The van der Waals surface area contributed by atoms with E-state index >= 15 is 0 Å². The molecule has 1 aliphatic rings. The summed E-state index contributed by atoms with van der Waals surface area (Å²) < 4.78 is 0. The summed E-state index contributed by atoms with van der Waals surface area (Å²) >= 11 is 6.02. The standard InChI is InChI=1S/C16H24ClN3O/c1-3-12-6-5-8-20(9-7-12)16(21)13-10-14(17)19-15(11-13)18-4-2/h10-12H,3-9H2,1-2H3,(H,18,19). The molecule has 1 atom stereocenters. The minimum absolute atomic E-state index is 0.0650. The summed E-state index contributed by atoms with van der Waals surface area (Å²) in [4.78, 5) is 18.8. The zero-order chi connectivity index (χ0) is 15.2. The Morgan fingerprint density at radius 3 is 2.90 bits per heavy atom. The first kappa shape index (κ1) is 16.1. The van der Waals surface area contributed by atoms with Gasteiger partial charge in [-0.1, -0.05) is 24.9 Å². The van der Waals surface area contributed by atoms with Gasteiger partial charge >= 0.3 is 0 Å². The van der Waals surface area contributed by atoms with Crippen molar-refractivity contribution in [3.8, 4) is 0 Å². The van der Waals surface area contributed by atoms with Gasteiger partial charge in [-0.15, -0.1) is 0 Å². The molecule has 0 radical (unpaired) electrons. The highest BCUT2D eigenvalue weighted by molar-refractivity contribution is 6.29. The van der Waals surface area contributed by atoms with E-state index in [0.717, 1.165) is 38.4 Å². The number of hydrogen-bond acceptors (Lipinski definition) is 3. The molecular formula is C16H24ClN3O. The lowest BCUT2D eigenvalue weighted by Crippen LogP contribution is -2.32. The van der Waals surface area contributed by atoms with Gasteiger partial charge in [0.1, 0.15) is 11.0 Å². The number of nitrogens with one attached hydrogen (secondary N) is 1. The second kappa shape index (κ2) is 7.64. The maximum Gasteiger partial charge on any atom is 0.254 e. The number of carbonyl (C=O) groups is 1. The molecule has 1 unspecified atom stereocenters. The second-order valence-electron chi connectivity index (χ2n) is 5.59. The smallest absolute Gasteiger partial charge is 0.254 e. The number of anilines is 1. The molecule has 116 valence electrons. The zero-order valence-electron chi connectivity index (χ0n) is 12.9. The minimum atomic E-state index is 0.0650. The molecule has 5 heteroatoms. The highest BCUT2D eigenvalue weighted by Gasteiger charge is 2.21. The number of nitrogens with zero attached hydrogens (tertiary/aromatic N) is 2. The lowest BCUT2D eigenvalue weighted by Gasteiger charge is -2.21. The lowest BCUT2D eigenvalue weighted by atomic mass is 9.98. The number of likely N-dealkylation sites (tertiary alicyclic amines) is 1. The maximum absolute atomic E-state index is 12.7. The minimum Gasteiger partial charge on any atom is -0.370 e. The van der Waals surface area contributed by atoms with E-state index in [9.17, 15) is 4.79 Å². The molecule has 0 saturated carbocycles. The first-order valence-corrected chi connectivity index (χ1v) is 8.22. The van der Waals surface area contributed by atoms with E-state index in [1.165, 1.54) is 12.8 Å². The van der Waals surface area contributed by atoms with Crippen LogP contribution in [0.2, 0.25) is 5.15 Å². The van der Waals surface area contributed by atoms with Crippen LogP contribution in [0, 0.1) is 5.92 Å². The Hall–Kier alpha value is -1.29. The molecule has 1 aliphatic heterocycles. The van der Waals surface area contributed by atoms with Gasteiger partial charge in [-0.25, -0.2) is 4.98 Å². The van der Waals surface area contributed by atoms with Crippen LogP contribution in [0.25, 0.3) is 0 Å². The number of hydrogen-bond donors (Lipinski definition) is 1. The molecular weight excluding hydrogens is 286 g/mol. The largest absolute Gasteiger partial charge is 0.370 e. The van der Waals surface area contributed by atoms with E-state index < -0.39 is 0 Å². The number of pyridine rings is 1. The predicted octanol–water partition coefficient (Wildman–Crippen LogP) is 3.82. The Bertz CT molecular complexity index is 492.